The summed E-state index contributed by atoms with van der Waals surface area (Å²) in [6.07, 6.45) is -18.9. The quantitative estimate of drug-likeness (QED) is 0.236. The molecule has 11 nitrogen and oxygen atoms in total. The van der Waals surface area contributed by atoms with Crippen LogP contribution in [0.2, 0.25) is 0 Å². The zero-order valence-electron chi connectivity index (χ0n) is 11.9. The molecule has 136 valence electrons. The first-order valence-corrected chi connectivity index (χ1v) is 7.07. The first kappa shape index (κ1) is 18.9. The molecule has 0 amide bonds. The molecule has 0 spiro atoms. The molecule has 0 aromatic rings. The largest absolute Gasteiger partial charge is 0.394 e. The van der Waals surface area contributed by atoms with Crippen molar-refractivity contribution < 1.29 is 55.4 Å². The van der Waals surface area contributed by atoms with Crippen LogP contribution in [-0.4, -0.2) is 120 Å². The van der Waals surface area contributed by atoms with Gasteiger partial charge >= 0.3 is 0 Å². The molecule has 23 heavy (non-hydrogen) atoms. The van der Waals surface area contributed by atoms with Crippen LogP contribution in [0.5, 0.6) is 0 Å². The van der Waals surface area contributed by atoms with Crippen LogP contribution in [0.1, 0.15) is 0 Å². The van der Waals surface area contributed by atoms with Gasteiger partial charge in [0.1, 0.15) is 61.0 Å². The standard InChI is InChI=1S/C12H22O11/c13-1-2-3(14)4(15)10(21)12(22-2)23-11-8(19)6(17)5(16)7(18)9(11)20/h2-21H,1H2/t2-,3-,4+,5?,6-,7+,8+,9-,10-,11?,12+/m1/s1. The lowest BCUT2D eigenvalue weighted by Crippen LogP contribution is -2.67. The van der Waals surface area contributed by atoms with E-state index in [1.165, 1.54) is 0 Å². The fourth-order valence-electron chi connectivity index (χ4n) is 2.69. The third-order valence-corrected chi connectivity index (χ3v) is 4.21. The molecule has 0 aromatic heterocycles. The van der Waals surface area contributed by atoms with E-state index in [2.05, 4.69) is 0 Å². The van der Waals surface area contributed by atoms with Crippen molar-refractivity contribution in [1.82, 2.24) is 0 Å². The lowest BCUT2D eigenvalue weighted by molar-refractivity contribution is -0.339. The first-order valence-electron chi connectivity index (χ1n) is 7.07. The molecule has 1 saturated heterocycles. The van der Waals surface area contributed by atoms with Gasteiger partial charge in [0, 0.05) is 0 Å². The summed E-state index contributed by atoms with van der Waals surface area (Å²) in [5, 5.41) is 86.6. The molecule has 11 atom stereocenters. The van der Waals surface area contributed by atoms with Crippen LogP contribution in [0.15, 0.2) is 0 Å². The minimum atomic E-state index is -1.83. The zero-order valence-corrected chi connectivity index (χ0v) is 11.9. The van der Waals surface area contributed by atoms with Gasteiger partial charge in [-0.05, 0) is 0 Å². The Bertz CT molecular complexity index is 377. The van der Waals surface area contributed by atoms with Gasteiger partial charge in [-0.25, -0.2) is 0 Å². The van der Waals surface area contributed by atoms with Crippen LogP contribution in [0, 0.1) is 0 Å². The summed E-state index contributed by atoms with van der Waals surface area (Å²) >= 11 is 0. The van der Waals surface area contributed by atoms with Crippen LogP contribution in [0.25, 0.3) is 0 Å². The Kier molecular flexibility index (Phi) is 5.92. The fraction of sp³-hybridized carbons (Fsp3) is 1.00. The Morgan fingerprint density at radius 2 is 1.04 bits per heavy atom. The summed E-state index contributed by atoms with van der Waals surface area (Å²) in [5.74, 6) is 0. The molecular formula is C12H22O11. The van der Waals surface area contributed by atoms with E-state index in [-0.39, 0.29) is 0 Å². The Hall–Kier alpha value is -0.440. The van der Waals surface area contributed by atoms with Crippen molar-refractivity contribution in [2.45, 2.75) is 67.3 Å². The maximum atomic E-state index is 9.85. The smallest absolute Gasteiger partial charge is 0.187 e. The number of rotatable bonds is 3. The Morgan fingerprint density at radius 3 is 1.52 bits per heavy atom. The van der Waals surface area contributed by atoms with E-state index in [1.54, 1.807) is 0 Å². The number of hydrogen-bond acceptors (Lipinski definition) is 11. The normalized spacial score (nSPS) is 54.9. The van der Waals surface area contributed by atoms with Gasteiger partial charge in [-0.15, -0.1) is 0 Å². The van der Waals surface area contributed by atoms with Gasteiger partial charge in [0.25, 0.3) is 0 Å². The molecule has 1 heterocycles. The van der Waals surface area contributed by atoms with Crippen molar-refractivity contribution in [3.63, 3.8) is 0 Å². The van der Waals surface area contributed by atoms with Gasteiger partial charge in [-0.1, -0.05) is 0 Å². The predicted octanol–water partition coefficient (Wildman–Crippen LogP) is -6.01. The average Bonchev–Trinajstić information content (AvgIpc) is 2.54. The van der Waals surface area contributed by atoms with Crippen molar-refractivity contribution in [3.05, 3.63) is 0 Å². The van der Waals surface area contributed by atoms with E-state index >= 15 is 0 Å². The highest BCUT2D eigenvalue weighted by atomic mass is 16.7. The van der Waals surface area contributed by atoms with Crippen molar-refractivity contribution >= 4 is 0 Å². The molecule has 2 aliphatic rings. The first-order chi connectivity index (χ1) is 10.7. The van der Waals surface area contributed by atoms with E-state index in [0.29, 0.717) is 0 Å². The minimum Gasteiger partial charge on any atom is -0.394 e. The molecule has 2 rings (SSSR count). The molecule has 9 N–H and O–H groups in total. The highest BCUT2D eigenvalue weighted by molar-refractivity contribution is 5.00. The lowest BCUT2D eigenvalue weighted by Gasteiger charge is -2.45. The van der Waals surface area contributed by atoms with E-state index < -0.39 is 73.9 Å². The molecule has 1 aliphatic carbocycles. The summed E-state index contributed by atoms with van der Waals surface area (Å²) in [5.41, 5.74) is 0. The summed E-state index contributed by atoms with van der Waals surface area (Å²) in [4.78, 5) is 0. The van der Waals surface area contributed by atoms with Gasteiger partial charge in [-0.3, -0.25) is 0 Å². The maximum Gasteiger partial charge on any atom is 0.187 e. The van der Waals surface area contributed by atoms with Gasteiger partial charge in [0.2, 0.25) is 0 Å². The van der Waals surface area contributed by atoms with Crippen LogP contribution >= 0.6 is 0 Å². The zero-order chi connectivity index (χ0) is 17.5. The minimum absolute atomic E-state index is 0.704. The highest BCUT2D eigenvalue weighted by Gasteiger charge is 2.52. The highest BCUT2D eigenvalue weighted by Crippen LogP contribution is 2.29. The molecule has 0 radical (unpaired) electrons. The predicted molar refractivity (Wildman–Crippen MR) is 68.7 cm³/mol. The third-order valence-electron chi connectivity index (χ3n) is 4.21. The lowest BCUT2D eigenvalue weighted by atomic mass is 9.84. The Balaban J connectivity index is 2.13. The second kappa shape index (κ2) is 7.21. The Labute approximate surface area is 130 Å². The molecule has 2 unspecified atom stereocenters. The summed E-state index contributed by atoms with van der Waals surface area (Å²) in [6, 6.07) is 0. The molecular weight excluding hydrogens is 320 g/mol. The van der Waals surface area contributed by atoms with Crippen molar-refractivity contribution in [1.29, 1.82) is 0 Å². The summed E-state index contributed by atoms with van der Waals surface area (Å²) in [6.45, 7) is -0.704. The van der Waals surface area contributed by atoms with Gasteiger partial charge in [-0.2, -0.15) is 0 Å². The number of hydrogen-bond donors (Lipinski definition) is 9. The molecule has 0 bridgehead atoms. The van der Waals surface area contributed by atoms with E-state index in [4.69, 9.17) is 14.6 Å². The van der Waals surface area contributed by atoms with E-state index in [1.807, 2.05) is 0 Å². The average molecular weight is 342 g/mol. The van der Waals surface area contributed by atoms with Crippen LogP contribution in [-0.2, 0) is 9.47 Å². The number of aliphatic hydroxyl groups is 9. The fourth-order valence-corrected chi connectivity index (χ4v) is 2.69. The summed E-state index contributed by atoms with van der Waals surface area (Å²) in [7, 11) is 0. The topological polar surface area (TPSA) is 201 Å². The van der Waals surface area contributed by atoms with Crippen molar-refractivity contribution in [2.24, 2.45) is 0 Å². The van der Waals surface area contributed by atoms with Crippen molar-refractivity contribution in [3.8, 4) is 0 Å². The molecule has 2 fully saturated rings. The SMILES string of the molecule is OC[C@H]1O[C@@H](OC2[C@@H](O)[C@H](O)C(O)[C@H](O)[C@H]2O)[C@H](O)[C@@H](O)[C@@H]1O. The third kappa shape index (κ3) is 3.36. The maximum absolute atomic E-state index is 9.85. The van der Waals surface area contributed by atoms with Gasteiger partial charge in [0.15, 0.2) is 6.29 Å². The molecule has 11 heteroatoms. The molecule has 1 saturated carbocycles. The van der Waals surface area contributed by atoms with Gasteiger partial charge in [0.05, 0.1) is 6.61 Å². The number of ether oxygens (including phenoxy) is 2. The van der Waals surface area contributed by atoms with Crippen molar-refractivity contribution in [2.75, 3.05) is 6.61 Å². The second-order valence-corrected chi connectivity index (χ2v) is 5.75. The van der Waals surface area contributed by atoms with Crippen LogP contribution in [0.4, 0.5) is 0 Å². The second-order valence-electron chi connectivity index (χ2n) is 5.75. The molecule has 1 aliphatic heterocycles. The summed E-state index contributed by atoms with van der Waals surface area (Å²) < 4.78 is 10.2. The van der Waals surface area contributed by atoms with Crippen LogP contribution in [0.3, 0.4) is 0 Å². The van der Waals surface area contributed by atoms with Gasteiger partial charge < -0.3 is 55.4 Å². The molecule has 0 aromatic carbocycles. The number of aliphatic hydroxyl groups excluding tert-OH is 9. The Morgan fingerprint density at radius 1 is 0.609 bits per heavy atom. The van der Waals surface area contributed by atoms with Crippen LogP contribution < -0.4 is 0 Å². The monoisotopic (exact) mass is 342 g/mol. The van der Waals surface area contributed by atoms with E-state index in [9.17, 15) is 40.9 Å². The van der Waals surface area contributed by atoms with E-state index in [0.717, 1.165) is 0 Å².